The molecule has 5 N–H and O–H groups in total. The highest BCUT2D eigenvalue weighted by atomic mass is 16.8. The average molecular weight is 715 g/mol. The van der Waals surface area contributed by atoms with Crippen molar-refractivity contribution in [1.29, 1.82) is 0 Å². The van der Waals surface area contributed by atoms with E-state index in [0.29, 0.717) is 13.2 Å². The van der Waals surface area contributed by atoms with Crippen LogP contribution in [0.3, 0.4) is 0 Å². The standard InChI is InChI=1S/C35H54O15/c1-6-9-11-44-26(45-12-10-7-2)14-20-19(8-3)34(50-35-30(39)29(38)28(37)25(15-36)49-35)47-17-22(20)32(41)48-24-13-21-23(31(40)43-5)16-46-33(42)27(21)18(24)4/h8,16-21,24-30,33-39,42H,3,6-7,9-15H2,1-2,4-5H3/t18-,19+,20-,21+,24-,25+,27+,28+,29-,30+,33+,34-,35-/m0/s1. The summed E-state index contributed by atoms with van der Waals surface area (Å²) < 4.78 is 46.0. The smallest absolute Gasteiger partial charge is 0.337 e. The van der Waals surface area contributed by atoms with Crippen LogP contribution in [0.5, 0.6) is 0 Å². The first kappa shape index (κ1) is 40.2. The first-order valence-electron chi connectivity index (χ1n) is 17.5. The second kappa shape index (κ2) is 18.8. The van der Waals surface area contributed by atoms with E-state index >= 15 is 0 Å². The quantitative estimate of drug-likeness (QED) is 0.0624. The van der Waals surface area contributed by atoms with Crippen LogP contribution in [0.1, 0.15) is 59.3 Å². The third kappa shape index (κ3) is 9.06. The maximum absolute atomic E-state index is 14.1. The molecule has 1 saturated heterocycles. The zero-order chi connectivity index (χ0) is 36.5. The van der Waals surface area contributed by atoms with Crippen molar-refractivity contribution in [3.8, 4) is 0 Å². The van der Waals surface area contributed by atoms with Gasteiger partial charge in [0.25, 0.3) is 0 Å². The van der Waals surface area contributed by atoms with Crippen molar-refractivity contribution in [2.24, 2.45) is 29.6 Å². The van der Waals surface area contributed by atoms with Crippen LogP contribution in [0.4, 0.5) is 0 Å². The largest absolute Gasteiger partial charge is 0.472 e. The van der Waals surface area contributed by atoms with Gasteiger partial charge < -0.3 is 63.4 Å². The lowest BCUT2D eigenvalue weighted by molar-refractivity contribution is -0.339. The predicted molar refractivity (Wildman–Crippen MR) is 173 cm³/mol. The number of carbonyl (C=O) groups excluding carboxylic acids is 2. The van der Waals surface area contributed by atoms with Gasteiger partial charge in [-0.25, -0.2) is 9.59 Å². The number of aliphatic hydroxyl groups excluding tert-OH is 5. The van der Waals surface area contributed by atoms with Gasteiger partial charge in [-0.05, 0) is 19.3 Å². The van der Waals surface area contributed by atoms with Gasteiger partial charge in [0.05, 0.1) is 37.4 Å². The van der Waals surface area contributed by atoms with E-state index in [2.05, 4.69) is 6.58 Å². The van der Waals surface area contributed by atoms with E-state index in [1.807, 2.05) is 20.8 Å². The van der Waals surface area contributed by atoms with Crippen LogP contribution in [-0.4, -0.2) is 120 Å². The van der Waals surface area contributed by atoms with E-state index < -0.39 is 104 Å². The highest BCUT2D eigenvalue weighted by molar-refractivity contribution is 5.90. The number of methoxy groups -OCH3 is 1. The summed E-state index contributed by atoms with van der Waals surface area (Å²) in [6, 6.07) is 0. The van der Waals surface area contributed by atoms with Gasteiger partial charge in [0, 0.05) is 49.2 Å². The molecule has 1 aliphatic carbocycles. The van der Waals surface area contributed by atoms with Gasteiger partial charge >= 0.3 is 11.9 Å². The Morgan fingerprint density at radius 2 is 1.62 bits per heavy atom. The molecule has 0 aromatic rings. The first-order valence-corrected chi connectivity index (χ1v) is 17.5. The van der Waals surface area contributed by atoms with E-state index in [9.17, 15) is 35.1 Å². The molecular weight excluding hydrogens is 660 g/mol. The third-order valence-corrected chi connectivity index (χ3v) is 10.1. The Hall–Kier alpha value is -2.60. The molecule has 2 fully saturated rings. The number of fused-ring (bicyclic) bond motifs is 1. The predicted octanol–water partition coefficient (Wildman–Crippen LogP) is 1.40. The van der Waals surface area contributed by atoms with Crippen LogP contribution < -0.4 is 0 Å². The molecule has 0 amide bonds. The number of hydrogen-bond acceptors (Lipinski definition) is 15. The molecular formula is C35H54O15. The average Bonchev–Trinajstić information content (AvgIpc) is 3.44. The Morgan fingerprint density at radius 3 is 2.22 bits per heavy atom. The fourth-order valence-electron chi connectivity index (χ4n) is 7.05. The number of carbonyl (C=O) groups is 2. The molecule has 0 spiro atoms. The number of aliphatic hydroxyl groups is 5. The molecule has 0 bridgehead atoms. The summed E-state index contributed by atoms with van der Waals surface area (Å²) in [5, 5.41) is 51.5. The Balaban J connectivity index is 1.60. The second-order valence-electron chi connectivity index (χ2n) is 13.3. The summed E-state index contributed by atoms with van der Waals surface area (Å²) in [5.74, 6) is -4.16. The minimum absolute atomic E-state index is 0.134. The van der Waals surface area contributed by atoms with Gasteiger partial charge in [-0.2, -0.15) is 0 Å². The summed E-state index contributed by atoms with van der Waals surface area (Å²) >= 11 is 0. The number of unbranched alkanes of at least 4 members (excludes halogenated alkanes) is 2. The van der Waals surface area contributed by atoms with Crippen molar-refractivity contribution in [3.63, 3.8) is 0 Å². The van der Waals surface area contributed by atoms with Crippen molar-refractivity contribution in [1.82, 2.24) is 0 Å². The molecule has 15 heteroatoms. The van der Waals surface area contributed by atoms with Crippen molar-refractivity contribution in [2.45, 2.75) is 115 Å². The summed E-state index contributed by atoms with van der Waals surface area (Å²) in [6.07, 6.45) is -3.77. The number of ether oxygens (including phenoxy) is 8. The van der Waals surface area contributed by atoms with Gasteiger partial charge in [-0.3, -0.25) is 0 Å². The zero-order valence-corrected chi connectivity index (χ0v) is 29.2. The molecule has 15 nitrogen and oxygen atoms in total. The molecule has 4 rings (SSSR count). The maximum atomic E-state index is 14.1. The van der Waals surface area contributed by atoms with Crippen molar-refractivity contribution in [3.05, 3.63) is 36.3 Å². The molecule has 284 valence electrons. The third-order valence-electron chi connectivity index (χ3n) is 10.1. The van der Waals surface area contributed by atoms with E-state index in [1.165, 1.54) is 25.7 Å². The summed E-state index contributed by atoms with van der Waals surface area (Å²) in [4.78, 5) is 26.5. The fraction of sp³-hybridized carbons (Fsp3) is 0.771. The summed E-state index contributed by atoms with van der Waals surface area (Å²) in [6.45, 7) is 10.1. The van der Waals surface area contributed by atoms with Gasteiger partial charge in [0.2, 0.25) is 6.29 Å². The summed E-state index contributed by atoms with van der Waals surface area (Å²) in [5.41, 5.74) is 0.386. The van der Waals surface area contributed by atoms with Crippen LogP contribution in [0, 0.1) is 29.6 Å². The minimum Gasteiger partial charge on any atom is -0.472 e. The highest BCUT2D eigenvalue weighted by Gasteiger charge is 2.53. The van der Waals surface area contributed by atoms with Crippen LogP contribution >= 0.6 is 0 Å². The molecule has 0 aromatic heterocycles. The van der Waals surface area contributed by atoms with Crippen LogP contribution in [0.15, 0.2) is 36.3 Å². The van der Waals surface area contributed by atoms with Crippen LogP contribution in [0.25, 0.3) is 0 Å². The zero-order valence-electron chi connectivity index (χ0n) is 29.2. The Bertz CT molecular complexity index is 1180. The molecule has 3 aliphatic heterocycles. The molecule has 3 heterocycles. The lowest BCUT2D eigenvalue weighted by Crippen LogP contribution is -2.60. The fourth-order valence-corrected chi connectivity index (χ4v) is 7.05. The number of rotatable bonds is 17. The number of hydrogen-bond donors (Lipinski definition) is 5. The van der Waals surface area contributed by atoms with Gasteiger partial charge in [-0.1, -0.05) is 39.7 Å². The molecule has 0 radical (unpaired) electrons. The monoisotopic (exact) mass is 714 g/mol. The number of esters is 2. The van der Waals surface area contributed by atoms with Crippen LogP contribution in [0.2, 0.25) is 0 Å². The lowest BCUT2D eigenvalue weighted by Gasteiger charge is -2.43. The molecule has 1 saturated carbocycles. The molecule has 4 aliphatic rings. The van der Waals surface area contributed by atoms with Crippen molar-refractivity contribution < 1.29 is 73.0 Å². The Morgan fingerprint density at radius 1 is 0.960 bits per heavy atom. The topological polar surface area (TPSA) is 209 Å². The lowest BCUT2D eigenvalue weighted by atomic mass is 9.81. The normalized spacial score (nSPS) is 36.8. The van der Waals surface area contributed by atoms with Crippen molar-refractivity contribution in [2.75, 3.05) is 26.9 Å². The van der Waals surface area contributed by atoms with E-state index in [1.54, 1.807) is 0 Å². The van der Waals surface area contributed by atoms with Crippen LogP contribution in [-0.2, 0) is 47.5 Å². The van der Waals surface area contributed by atoms with Gasteiger partial charge in [0.15, 0.2) is 18.9 Å². The second-order valence-corrected chi connectivity index (χ2v) is 13.3. The molecule has 13 atom stereocenters. The van der Waals surface area contributed by atoms with Gasteiger partial charge in [0.1, 0.15) is 30.5 Å². The maximum Gasteiger partial charge on any atom is 0.337 e. The van der Waals surface area contributed by atoms with Crippen molar-refractivity contribution >= 4 is 11.9 Å². The van der Waals surface area contributed by atoms with E-state index in [0.717, 1.165) is 25.7 Å². The first-order chi connectivity index (χ1) is 24.0. The van der Waals surface area contributed by atoms with Gasteiger partial charge in [-0.15, -0.1) is 6.58 Å². The Kier molecular flexibility index (Phi) is 15.1. The Labute approximate surface area is 292 Å². The minimum atomic E-state index is -1.69. The molecule has 50 heavy (non-hydrogen) atoms. The van der Waals surface area contributed by atoms with E-state index in [4.69, 9.17) is 37.9 Å². The summed E-state index contributed by atoms with van der Waals surface area (Å²) in [7, 11) is 1.25. The molecule has 0 unspecified atom stereocenters. The van der Waals surface area contributed by atoms with E-state index in [-0.39, 0.29) is 24.0 Å². The molecule has 0 aromatic carbocycles. The SMILES string of the molecule is C=C[C@H]1[C@H](O[C@@H]2O[C@H](CO)[C@@H](O)[C@H](O)[C@H]2O)OC=C(C(=O)O[C@H]2C[C@@H]3C(C(=O)OC)=CO[C@@H](O)[C@@H]3[C@H]2C)[C@H]1CC(OCCCC)OCCCC. The highest BCUT2D eigenvalue weighted by Crippen LogP contribution is 2.48.